The predicted molar refractivity (Wildman–Crippen MR) is 136 cm³/mol. The van der Waals surface area contributed by atoms with Crippen LogP contribution in [-0.4, -0.2) is 56.2 Å². The molecule has 0 radical (unpaired) electrons. The normalized spacial score (nSPS) is 15.0. The molecular weight excluding hydrogens is 503 g/mol. The number of guanidine groups is 1. The number of carbonyl (C=O) groups excluding carboxylic acids is 1. The van der Waals surface area contributed by atoms with Gasteiger partial charge in [-0.2, -0.15) is 0 Å². The molecule has 168 valence electrons. The van der Waals surface area contributed by atoms with Crippen molar-refractivity contribution < 1.29 is 9.53 Å². The van der Waals surface area contributed by atoms with Crippen molar-refractivity contribution in [2.45, 2.75) is 26.3 Å². The van der Waals surface area contributed by atoms with E-state index >= 15 is 0 Å². The molecule has 1 unspecified atom stereocenters. The van der Waals surface area contributed by atoms with Crippen LogP contribution < -0.4 is 10.6 Å². The molecule has 0 aromatic heterocycles. The quantitative estimate of drug-likeness (QED) is 0.324. The minimum Gasteiger partial charge on any atom is -0.378 e. The fraction of sp³-hybridized carbons (Fsp3) is 0.417. The summed E-state index contributed by atoms with van der Waals surface area (Å²) >= 11 is 0. The predicted octanol–water partition coefficient (Wildman–Crippen LogP) is 3.31. The van der Waals surface area contributed by atoms with Crippen molar-refractivity contribution in [3.8, 4) is 0 Å². The number of nitrogens with one attached hydrogen (secondary N) is 2. The highest BCUT2D eigenvalue weighted by molar-refractivity contribution is 14.0. The van der Waals surface area contributed by atoms with Crippen molar-refractivity contribution >= 4 is 35.8 Å². The Morgan fingerprint density at radius 2 is 1.84 bits per heavy atom. The first kappa shape index (κ1) is 25.1. The van der Waals surface area contributed by atoms with Gasteiger partial charge in [-0.25, -0.2) is 4.99 Å². The van der Waals surface area contributed by atoms with Gasteiger partial charge in [-0.1, -0.05) is 60.2 Å². The number of aryl methyl sites for hydroxylation is 1. The van der Waals surface area contributed by atoms with Gasteiger partial charge in [0.15, 0.2) is 5.96 Å². The first-order valence-corrected chi connectivity index (χ1v) is 10.7. The molecule has 1 heterocycles. The van der Waals surface area contributed by atoms with E-state index in [1.54, 1.807) is 0 Å². The summed E-state index contributed by atoms with van der Waals surface area (Å²) in [5.41, 5.74) is 3.40. The molecule has 1 amide bonds. The molecular formula is C24H33IN4O2. The molecule has 6 nitrogen and oxygen atoms in total. The summed E-state index contributed by atoms with van der Waals surface area (Å²) in [6, 6.07) is 18.3. The lowest BCUT2D eigenvalue weighted by molar-refractivity contribution is -0.136. The number of halogens is 1. The molecule has 2 N–H and O–H groups in total. The summed E-state index contributed by atoms with van der Waals surface area (Å²) in [6.45, 7) is 8.43. The average Bonchev–Trinajstić information content (AvgIpc) is 2.78. The van der Waals surface area contributed by atoms with Gasteiger partial charge in [-0.3, -0.25) is 4.79 Å². The minimum atomic E-state index is -0.271. The van der Waals surface area contributed by atoms with Crippen molar-refractivity contribution in [2.24, 2.45) is 4.99 Å². The number of nitrogens with zero attached hydrogens (tertiary/aromatic N) is 2. The number of hydrogen-bond donors (Lipinski definition) is 2. The third kappa shape index (κ3) is 7.81. The van der Waals surface area contributed by atoms with Gasteiger partial charge in [0.05, 0.1) is 25.7 Å². The number of amides is 1. The monoisotopic (exact) mass is 536 g/mol. The number of ether oxygens (including phenoxy) is 1. The lowest BCUT2D eigenvalue weighted by Gasteiger charge is -2.31. The summed E-state index contributed by atoms with van der Waals surface area (Å²) in [7, 11) is 0. The van der Waals surface area contributed by atoms with Crippen LogP contribution >= 0.6 is 24.0 Å². The fourth-order valence-corrected chi connectivity index (χ4v) is 3.56. The largest absolute Gasteiger partial charge is 0.378 e. The second-order valence-corrected chi connectivity index (χ2v) is 7.47. The van der Waals surface area contributed by atoms with Crippen LogP contribution in [-0.2, 0) is 16.1 Å². The molecule has 1 aliphatic rings. The molecule has 3 rings (SSSR count). The summed E-state index contributed by atoms with van der Waals surface area (Å²) in [5.74, 6) is 0.577. The molecule has 7 heteroatoms. The molecule has 2 aromatic carbocycles. The molecule has 31 heavy (non-hydrogen) atoms. The molecule has 1 aliphatic heterocycles. The van der Waals surface area contributed by atoms with Gasteiger partial charge in [-0.05, 0) is 25.0 Å². The second kappa shape index (κ2) is 13.3. The Morgan fingerprint density at radius 1 is 1.10 bits per heavy atom. The van der Waals surface area contributed by atoms with Crippen molar-refractivity contribution in [2.75, 3.05) is 39.4 Å². The van der Waals surface area contributed by atoms with Crippen LogP contribution in [0.4, 0.5) is 0 Å². The Balaban J connectivity index is 0.00000341. The second-order valence-electron chi connectivity index (χ2n) is 7.47. The lowest BCUT2D eigenvalue weighted by atomic mass is 9.97. The van der Waals surface area contributed by atoms with E-state index in [0.29, 0.717) is 39.4 Å². The molecule has 1 atom stereocenters. The van der Waals surface area contributed by atoms with E-state index in [2.05, 4.69) is 35.8 Å². The number of benzene rings is 2. The van der Waals surface area contributed by atoms with Gasteiger partial charge in [-0.15, -0.1) is 24.0 Å². The number of rotatable bonds is 7. The maximum absolute atomic E-state index is 13.3. The van der Waals surface area contributed by atoms with Gasteiger partial charge in [0.2, 0.25) is 5.91 Å². The standard InChI is InChI=1S/C24H32N4O2.HI/c1-3-25-24(26-17-20-9-7-8-19(2)16-20)27-18-22(21-10-5-4-6-11-21)23(29)28-12-14-30-15-13-28;/h4-11,16,22H,3,12-15,17-18H2,1-2H3,(H2,25,26,27);1H. The summed E-state index contributed by atoms with van der Waals surface area (Å²) in [6.07, 6.45) is 0. The van der Waals surface area contributed by atoms with E-state index in [1.807, 2.05) is 48.2 Å². The maximum atomic E-state index is 13.3. The topological polar surface area (TPSA) is 66.0 Å². The Labute approximate surface area is 202 Å². The third-order valence-electron chi connectivity index (χ3n) is 5.14. The van der Waals surface area contributed by atoms with Crippen LogP contribution in [0.25, 0.3) is 0 Å². The van der Waals surface area contributed by atoms with Crippen molar-refractivity contribution in [3.63, 3.8) is 0 Å². The van der Waals surface area contributed by atoms with Gasteiger partial charge in [0.25, 0.3) is 0 Å². The van der Waals surface area contributed by atoms with Crippen molar-refractivity contribution in [1.29, 1.82) is 0 Å². The zero-order valence-corrected chi connectivity index (χ0v) is 20.7. The van der Waals surface area contributed by atoms with Crippen LogP contribution in [0.1, 0.15) is 29.5 Å². The number of aliphatic imine (C=N–C) groups is 1. The molecule has 2 aromatic rings. The highest BCUT2D eigenvalue weighted by Gasteiger charge is 2.27. The van der Waals surface area contributed by atoms with Crippen LogP contribution in [0.5, 0.6) is 0 Å². The zero-order chi connectivity index (χ0) is 21.2. The Hall–Kier alpha value is -2.13. The van der Waals surface area contributed by atoms with Gasteiger partial charge >= 0.3 is 0 Å². The SMILES string of the molecule is CCNC(=NCc1cccc(C)c1)NCC(C(=O)N1CCOCC1)c1ccccc1.I. The van der Waals surface area contributed by atoms with Crippen molar-refractivity contribution in [3.05, 3.63) is 71.3 Å². The van der Waals surface area contributed by atoms with Crippen LogP contribution in [0, 0.1) is 6.92 Å². The van der Waals surface area contributed by atoms with Crippen molar-refractivity contribution in [1.82, 2.24) is 15.5 Å². The molecule has 0 aliphatic carbocycles. The van der Waals surface area contributed by atoms with Gasteiger partial charge in [0.1, 0.15) is 0 Å². The van der Waals surface area contributed by atoms with E-state index in [4.69, 9.17) is 9.73 Å². The highest BCUT2D eigenvalue weighted by atomic mass is 127. The third-order valence-corrected chi connectivity index (χ3v) is 5.14. The van der Waals surface area contributed by atoms with Crippen LogP contribution in [0.2, 0.25) is 0 Å². The maximum Gasteiger partial charge on any atom is 0.232 e. The zero-order valence-electron chi connectivity index (χ0n) is 18.3. The average molecular weight is 536 g/mol. The molecule has 0 bridgehead atoms. The molecule has 0 spiro atoms. The first-order valence-electron chi connectivity index (χ1n) is 10.7. The molecule has 1 fully saturated rings. The van der Waals surface area contributed by atoms with E-state index in [-0.39, 0.29) is 35.8 Å². The Morgan fingerprint density at radius 3 is 2.52 bits per heavy atom. The van der Waals surface area contributed by atoms with Gasteiger partial charge in [0, 0.05) is 26.2 Å². The fourth-order valence-electron chi connectivity index (χ4n) is 3.56. The molecule has 1 saturated heterocycles. The van der Waals surface area contributed by atoms with E-state index in [1.165, 1.54) is 5.56 Å². The number of morpholine rings is 1. The van der Waals surface area contributed by atoms with E-state index in [0.717, 1.165) is 23.6 Å². The summed E-state index contributed by atoms with van der Waals surface area (Å²) < 4.78 is 5.41. The van der Waals surface area contributed by atoms with Crippen LogP contribution in [0.3, 0.4) is 0 Å². The van der Waals surface area contributed by atoms with E-state index < -0.39 is 0 Å². The summed E-state index contributed by atoms with van der Waals surface area (Å²) in [4.78, 5) is 19.9. The smallest absolute Gasteiger partial charge is 0.232 e. The van der Waals surface area contributed by atoms with Gasteiger partial charge < -0.3 is 20.3 Å². The Bertz CT molecular complexity index is 838. The first-order chi connectivity index (χ1) is 14.7. The lowest BCUT2D eigenvalue weighted by Crippen LogP contribution is -2.47. The minimum absolute atomic E-state index is 0. The summed E-state index contributed by atoms with van der Waals surface area (Å²) in [5, 5.41) is 6.67. The highest BCUT2D eigenvalue weighted by Crippen LogP contribution is 2.19. The van der Waals surface area contributed by atoms with E-state index in [9.17, 15) is 4.79 Å². The number of hydrogen-bond acceptors (Lipinski definition) is 3. The van der Waals surface area contributed by atoms with Crippen LogP contribution in [0.15, 0.2) is 59.6 Å². The number of carbonyl (C=O) groups is 1. The Kier molecular flexibility index (Phi) is 10.8. The molecule has 0 saturated carbocycles.